The highest BCUT2D eigenvalue weighted by Crippen LogP contribution is 2.37. The predicted molar refractivity (Wildman–Crippen MR) is 219 cm³/mol. The quantitative estimate of drug-likeness (QED) is 0.176. The van der Waals surface area contributed by atoms with Gasteiger partial charge in [-0.3, -0.25) is 0 Å². The van der Waals surface area contributed by atoms with Crippen molar-refractivity contribution in [2.45, 2.75) is 0 Å². The van der Waals surface area contributed by atoms with Crippen LogP contribution in [0.25, 0.3) is 94.7 Å². The number of hydrogen-bond acceptors (Lipinski definition) is 3. The van der Waals surface area contributed by atoms with Gasteiger partial charge in [0, 0.05) is 33.2 Å². The Balaban J connectivity index is 1.05. The van der Waals surface area contributed by atoms with Crippen LogP contribution in [-0.4, -0.2) is 19.5 Å². The van der Waals surface area contributed by atoms with E-state index in [-0.39, 0.29) is 0 Å². The molecule has 8 aromatic carbocycles. The molecule has 0 fully saturated rings. The SMILES string of the molecule is c1ccc(-c2nc(-c3ccccc3)nc(-c3cccc(-c4ccc(-n5c6ccccc6c6ccc(-c7cccc8ccccc78)cc65)cc4)c3)n2)cc1. The van der Waals surface area contributed by atoms with Crippen molar-refractivity contribution in [2.24, 2.45) is 0 Å². The summed E-state index contributed by atoms with van der Waals surface area (Å²) >= 11 is 0. The summed E-state index contributed by atoms with van der Waals surface area (Å²) in [6.45, 7) is 0. The molecule has 0 atom stereocenters. The van der Waals surface area contributed by atoms with Crippen molar-refractivity contribution < 1.29 is 0 Å². The van der Waals surface area contributed by atoms with Gasteiger partial charge in [0.2, 0.25) is 0 Å². The van der Waals surface area contributed by atoms with E-state index in [0.29, 0.717) is 17.5 Å². The summed E-state index contributed by atoms with van der Waals surface area (Å²) in [4.78, 5) is 14.8. The van der Waals surface area contributed by atoms with Crippen LogP contribution < -0.4 is 0 Å². The van der Waals surface area contributed by atoms with E-state index in [1.807, 2.05) is 60.7 Å². The van der Waals surface area contributed by atoms with E-state index in [1.165, 1.54) is 43.7 Å². The number of fused-ring (bicyclic) bond motifs is 4. The zero-order valence-corrected chi connectivity index (χ0v) is 28.8. The first-order chi connectivity index (χ1) is 26.3. The Bertz CT molecular complexity index is 2870. The molecule has 4 nitrogen and oxygen atoms in total. The van der Waals surface area contributed by atoms with Gasteiger partial charge in [-0.1, -0.05) is 164 Å². The predicted octanol–water partition coefficient (Wildman–Crippen LogP) is 12.5. The fourth-order valence-corrected chi connectivity index (χ4v) is 7.47. The van der Waals surface area contributed by atoms with Crippen LogP contribution in [0.5, 0.6) is 0 Å². The van der Waals surface area contributed by atoms with Gasteiger partial charge >= 0.3 is 0 Å². The molecule has 248 valence electrons. The highest BCUT2D eigenvalue weighted by molar-refractivity contribution is 6.11. The summed E-state index contributed by atoms with van der Waals surface area (Å²) in [6, 6.07) is 68.2. The average molecular weight is 677 g/mol. The molecule has 10 aromatic rings. The first kappa shape index (κ1) is 30.6. The molecule has 0 amide bonds. The largest absolute Gasteiger partial charge is 0.309 e. The fourth-order valence-electron chi connectivity index (χ4n) is 7.47. The van der Waals surface area contributed by atoms with E-state index in [1.54, 1.807) is 0 Å². The lowest BCUT2D eigenvalue weighted by Gasteiger charge is -2.12. The number of nitrogens with zero attached hydrogens (tertiary/aromatic N) is 4. The maximum absolute atomic E-state index is 4.96. The zero-order valence-electron chi connectivity index (χ0n) is 28.8. The molecule has 0 aliphatic carbocycles. The van der Waals surface area contributed by atoms with Gasteiger partial charge in [0.1, 0.15) is 0 Å². The van der Waals surface area contributed by atoms with Crippen molar-refractivity contribution in [3.05, 3.63) is 194 Å². The monoisotopic (exact) mass is 676 g/mol. The molecule has 0 saturated carbocycles. The van der Waals surface area contributed by atoms with Crippen molar-refractivity contribution in [3.8, 4) is 62.1 Å². The second-order valence-corrected chi connectivity index (χ2v) is 13.3. The van der Waals surface area contributed by atoms with Gasteiger partial charge in [0.15, 0.2) is 17.5 Å². The van der Waals surface area contributed by atoms with E-state index >= 15 is 0 Å². The van der Waals surface area contributed by atoms with Crippen LogP contribution in [0.3, 0.4) is 0 Å². The number of benzene rings is 8. The number of hydrogen-bond donors (Lipinski definition) is 0. The Morgan fingerprint density at radius 3 is 1.57 bits per heavy atom. The van der Waals surface area contributed by atoms with Crippen LogP contribution in [0, 0.1) is 0 Å². The highest BCUT2D eigenvalue weighted by atomic mass is 15.0. The van der Waals surface area contributed by atoms with Gasteiger partial charge in [-0.05, 0) is 63.4 Å². The van der Waals surface area contributed by atoms with Gasteiger partial charge in [0.25, 0.3) is 0 Å². The molecule has 0 aliphatic heterocycles. The number of para-hydroxylation sites is 1. The molecule has 4 heteroatoms. The number of rotatable bonds is 6. The van der Waals surface area contributed by atoms with Crippen molar-refractivity contribution in [2.75, 3.05) is 0 Å². The molecule has 0 radical (unpaired) electrons. The summed E-state index contributed by atoms with van der Waals surface area (Å²) in [5.74, 6) is 1.95. The van der Waals surface area contributed by atoms with E-state index in [0.717, 1.165) is 33.5 Å². The standard InChI is InChI=1S/C49H32N4/c1-3-14-35(15-4-1)47-50-48(36-16-5-2-6-17-36)52-49(51-47)39-20-11-19-37(31-39)33-25-28-40(29-26-33)53-45-24-10-9-22-43(45)44-30-27-38(32-46(44)53)42-23-12-18-34-13-7-8-21-41(34)42/h1-32H. The summed E-state index contributed by atoms with van der Waals surface area (Å²) in [5, 5.41) is 4.98. The minimum absolute atomic E-state index is 0.642. The lowest BCUT2D eigenvalue weighted by molar-refractivity contribution is 1.07. The maximum Gasteiger partial charge on any atom is 0.164 e. The Morgan fingerprint density at radius 2 is 0.830 bits per heavy atom. The topological polar surface area (TPSA) is 43.6 Å². The molecule has 0 aliphatic rings. The summed E-state index contributed by atoms with van der Waals surface area (Å²) in [5.41, 5.74) is 11.0. The molecule has 0 saturated heterocycles. The third kappa shape index (κ3) is 5.54. The van der Waals surface area contributed by atoms with Crippen LogP contribution >= 0.6 is 0 Å². The first-order valence-corrected chi connectivity index (χ1v) is 17.9. The third-order valence-electron chi connectivity index (χ3n) is 10.1. The van der Waals surface area contributed by atoms with Crippen LogP contribution in [0.1, 0.15) is 0 Å². The number of aromatic nitrogens is 4. The second-order valence-electron chi connectivity index (χ2n) is 13.3. The highest BCUT2D eigenvalue weighted by Gasteiger charge is 2.16. The second kappa shape index (κ2) is 12.9. The Labute approximate surface area is 307 Å². The molecule has 0 spiro atoms. The normalized spacial score (nSPS) is 11.4. The van der Waals surface area contributed by atoms with E-state index in [9.17, 15) is 0 Å². The molecule has 0 N–H and O–H groups in total. The Hall–Kier alpha value is -7.17. The van der Waals surface area contributed by atoms with E-state index < -0.39 is 0 Å². The molecule has 0 unspecified atom stereocenters. The summed E-state index contributed by atoms with van der Waals surface area (Å²) in [6.07, 6.45) is 0. The fraction of sp³-hybridized carbons (Fsp3) is 0. The van der Waals surface area contributed by atoms with E-state index in [4.69, 9.17) is 15.0 Å². The Morgan fingerprint density at radius 1 is 0.302 bits per heavy atom. The van der Waals surface area contributed by atoms with Crippen LogP contribution in [0.4, 0.5) is 0 Å². The summed E-state index contributed by atoms with van der Waals surface area (Å²) in [7, 11) is 0. The smallest absolute Gasteiger partial charge is 0.164 e. The van der Waals surface area contributed by atoms with Gasteiger partial charge in [-0.15, -0.1) is 0 Å². The maximum atomic E-state index is 4.96. The molecular formula is C49H32N4. The molecule has 10 rings (SSSR count). The van der Waals surface area contributed by atoms with Gasteiger partial charge < -0.3 is 4.57 Å². The van der Waals surface area contributed by atoms with Gasteiger partial charge in [-0.2, -0.15) is 0 Å². The molecule has 2 heterocycles. The minimum Gasteiger partial charge on any atom is -0.309 e. The van der Waals surface area contributed by atoms with Crippen molar-refractivity contribution >= 4 is 32.6 Å². The van der Waals surface area contributed by atoms with Crippen LogP contribution in [0.15, 0.2) is 194 Å². The van der Waals surface area contributed by atoms with Crippen molar-refractivity contribution in [3.63, 3.8) is 0 Å². The molecule has 2 aromatic heterocycles. The van der Waals surface area contributed by atoms with Crippen molar-refractivity contribution in [1.29, 1.82) is 0 Å². The lowest BCUT2D eigenvalue weighted by Crippen LogP contribution is -2.00. The molecule has 0 bridgehead atoms. The lowest BCUT2D eigenvalue weighted by atomic mass is 9.97. The third-order valence-corrected chi connectivity index (χ3v) is 10.1. The van der Waals surface area contributed by atoms with Crippen LogP contribution in [0.2, 0.25) is 0 Å². The molecular weight excluding hydrogens is 645 g/mol. The average Bonchev–Trinajstić information content (AvgIpc) is 3.57. The van der Waals surface area contributed by atoms with Gasteiger partial charge in [0.05, 0.1) is 11.0 Å². The molecule has 53 heavy (non-hydrogen) atoms. The first-order valence-electron chi connectivity index (χ1n) is 17.9. The van der Waals surface area contributed by atoms with E-state index in [2.05, 4.69) is 138 Å². The zero-order chi connectivity index (χ0) is 35.1. The van der Waals surface area contributed by atoms with Crippen molar-refractivity contribution in [1.82, 2.24) is 19.5 Å². The minimum atomic E-state index is 0.642. The van der Waals surface area contributed by atoms with Gasteiger partial charge in [-0.25, -0.2) is 15.0 Å². The Kier molecular flexibility index (Phi) is 7.43. The summed E-state index contributed by atoms with van der Waals surface area (Å²) < 4.78 is 2.39. The van der Waals surface area contributed by atoms with Crippen LogP contribution in [-0.2, 0) is 0 Å².